The number of hydrogen-bond donors (Lipinski definition) is 1. The van der Waals surface area contributed by atoms with Crippen LogP contribution in [-0.4, -0.2) is 37.7 Å². The molecule has 0 fully saturated rings. The van der Waals surface area contributed by atoms with Gasteiger partial charge in [0, 0.05) is 18.3 Å². The van der Waals surface area contributed by atoms with Gasteiger partial charge >= 0.3 is 12.1 Å². The summed E-state index contributed by atoms with van der Waals surface area (Å²) in [6.07, 6.45) is -0.187. The highest BCUT2D eigenvalue weighted by Gasteiger charge is 2.47. The molecule has 0 bridgehead atoms. The van der Waals surface area contributed by atoms with Crippen molar-refractivity contribution < 1.29 is 23.9 Å². The molecule has 1 aromatic carbocycles. The average molecular weight is 362 g/mol. The van der Waals surface area contributed by atoms with Crippen molar-refractivity contribution in [1.82, 2.24) is 0 Å². The van der Waals surface area contributed by atoms with Gasteiger partial charge < -0.3 is 14.4 Å². The van der Waals surface area contributed by atoms with Crippen molar-refractivity contribution in [1.29, 1.82) is 0 Å². The number of benzene rings is 1. The molecule has 2 rings (SSSR count). The molecule has 0 saturated heterocycles. The minimum Gasteiger partial charge on any atom is -0.465 e. The molecule has 7 heteroatoms. The second kappa shape index (κ2) is 6.63. The zero-order valence-electron chi connectivity index (χ0n) is 16.4. The minimum absolute atomic E-state index is 0.0933. The van der Waals surface area contributed by atoms with Crippen LogP contribution in [0.4, 0.5) is 16.2 Å². The second-order valence-corrected chi connectivity index (χ2v) is 7.55. The van der Waals surface area contributed by atoms with Gasteiger partial charge in [-0.05, 0) is 46.2 Å². The van der Waals surface area contributed by atoms with Crippen molar-refractivity contribution >= 4 is 29.3 Å². The Kier molecular flexibility index (Phi) is 5.03. The first-order valence-electron chi connectivity index (χ1n) is 8.50. The first-order chi connectivity index (χ1) is 12.0. The van der Waals surface area contributed by atoms with Crippen LogP contribution in [0.5, 0.6) is 0 Å². The first kappa shape index (κ1) is 19.8. The van der Waals surface area contributed by atoms with Crippen LogP contribution in [0, 0.1) is 0 Å². The van der Waals surface area contributed by atoms with E-state index in [1.54, 1.807) is 51.8 Å². The third-order valence-corrected chi connectivity index (χ3v) is 4.61. The van der Waals surface area contributed by atoms with Crippen LogP contribution in [0.25, 0.3) is 0 Å². The second-order valence-electron chi connectivity index (χ2n) is 7.55. The van der Waals surface area contributed by atoms with Crippen LogP contribution >= 0.6 is 0 Å². The minimum atomic E-state index is -0.863. The SMILES string of the molecule is CCC1(C)C(=O)N(C)c2ccc(C(=O)OC)c(NC(=O)OC(C)(C)C)c21. The Bertz CT molecular complexity index is 766. The van der Waals surface area contributed by atoms with E-state index < -0.39 is 23.1 Å². The highest BCUT2D eigenvalue weighted by molar-refractivity contribution is 6.13. The predicted octanol–water partition coefficient (Wildman–Crippen LogP) is 3.46. The monoisotopic (exact) mass is 362 g/mol. The number of carbonyl (C=O) groups excluding carboxylic acids is 3. The molecular formula is C19H26N2O5. The highest BCUT2D eigenvalue weighted by atomic mass is 16.6. The first-order valence-corrected chi connectivity index (χ1v) is 8.50. The topological polar surface area (TPSA) is 84.9 Å². The van der Waals surface area contributed by atoms with E-state index in [0.29, 0.717) is 17.7 Å². The van der Waals surface area contributed by atoms with Crippen LogP contribution in [-0.2, 0) is 19.7 Å². The smallest absolute Gasteiger partial charge is 0.412 e. The fourth-order valence-electron chi connectivity index (χ4n) is 3.16. The molecule has 1 aliphatic rings. The molecule has 1 heterocycles. The van der Waals surface area contributed by atoms with Crippen LogP contribution in [0.1, 0.15) is 57.0 Å². The predicted molar refractivity (Wildman–Crippen MR) is 98.7 cm³/mol. The van der Waals surface area contributed by atoms with E-state index in [1.807, 2.05) is 6.92 Å². The van der Waals surface area contributed by atoms with Gasteiger partial charge in [-0.2, -0.15) is 0 Å². The van der Waals surface area contributed by atoms with Crippen LogP contribution in [0.3, 0.4) is 0 Å². The van der Waals surface area contributed by atoms with Crippen molar-refractivity contribution in [3.63, 3.8) is 0 Å². The number of nitrogens with zero attached hydrogens (tertiary/aromatic N) is 1. The van der Waals surface area contributed by atoms with Gasteiger partial charge in [-0.1, -0.05) is 6.92 Å². The molecule has 2 amide bonds. The van der Waals surface area contributed by atoms with Gasteiger partial charge in [0.1, 0.15) is 5.60 Å². The number of likely N-dealkylation sites (N-methyl/N-ethyl adjacent to an activating group) is 1. The fraction of sp³-hybridized carbons (Fsp3) is 0.526. The molecule has 1 aliphatic heterocycles. The summed E-state index contributed by atoms with van der Waals surface area (Å²) in [5, 5.41) is 2.67. The third kappa shape index (κ3) is 3.25. The summed E-state index contributed by atoms with van der Waals surface area (Å²) in [7, 11) is 2.94. The number of carbonyl (C=O) groups is 3. The van der Waals surface area contributed by atoms with Gasteiger partial charge in [0.15, 0.2) is 0 Å². The molecule has 7 nitrogen and oxygen atoms in total. The molecule has 0 aromatic heterocycles. The van der Waals surface area contributed by atoms with Crippen molar-refractivity contribution in [2.75, 3.05) is 24.4 Å². The van der Waals surface area contributed by atoms with Crippen LogP contribution in [0.15, 0.2) is 12.1 Å². The molecule has 1 atom stereocenters. The van der Waals surface area contributed by atoms with Crippen molar-refractivity contribution in [2.24, 2.45) is 0 Å². The van der Waals surface area contributed by atoms with Gasteiger partial charge in [-0.3, -0.25) is 10.1 Å². The van der Waals surface area contributed by atoms with Crippen molar-refractivity contribution in [2.45, 2.75) is 52.1 Å². The number of esters is 1. The molecule has 142 valence electrons. The molecule has 1 N–H and O–H groups in total. The highest BCUT2D eigenvalue weighted by Crippen LogP contribution is 2.48. The number of rotatable bonds is 3. The number of ether oxygens (including phenoxy) is 2. The average Bonchev–Trinajstić information content (AvgIpc) is 2.75. The number of anilines is 2. The Balaban J connectivity index is 2.66. The maximum atomic E-state index is 12.8. The van der Waals surface area contributed by atoms with Crippen molar-refractivity contribution in [3.05, 3.63) is 23.3 Å². The summed E-state index contributed by atoms with van der Waals surface area (Å²) in [6.45, 7) is 8.94. The zero-order chi connectivity index (χ0) is 19.9. The quantitative estimate of drug-likeness (QED) is 0.832. The lowest BCUT2D eigenvalue weighted by Crippen LogP contribution is -2.36. The lowest BCUT2D eigenvalue weighted by molar-refractivity contribution is -0.122. The zero-order valence-corrected chi connectivity index (χ0v) is 16.4. The summed E-state index contributed by atoms with van der Waals surface area (Å²) in [6, 6.07) is 3.24. The molecule has 0 saturated carbocycles. The maximum Gasteiger partial charge on any atom is 0.412 e. The van der Waals surface area contributed by atoms with Gasteiger partial charge in [-0.15, -0.1) is 0 Å². The number of nitrogens with one attached hydrogen (secondary N) is 1. The Morgan fingerprint density at radius 3 is 2.38 bits per heavy atom. The molecular weight excluding hydrogens is 336 g/mol. The number of fused-ring (bicyclic) bond motifs is 1. The van der Waals surface area contributed by atoms with E-state index in [-0.39, 0.29) is 17.2 Å². The van der Waals surface area contributed by atoms with E-state index in [9.17, 15) is 14.4 Å². The van der Waals surface area contributed by atoms with Gasteiger partial charge in [-0.25, -0.2) is 9.59 Å². The number of methoxy groups -OCH3 is 1. The summed E-state index contributed by atoms with van der Waals surface area (Å²) in [4.78, 5) is 39.0. The molecule has 26 heavy (non-hydrogen) atoms. The largest absolute Gasteiger partial charge is 0.465 e. The summed E-state index contributed by atoms with van der Waals surface area (Å²) < 4.78 is 10.2. The van der Waals surface area contributed by atoms with Gasteiger partial charge in [0.25, 0.3) is 0 Å². The van der Waals surface area contributed by atoms with E-state index in [1.165, 1.54) is 7.11 Å². The van der Waals surface area contributed by atoms with Gasteiger partial charge in [0.05, 0.1) is 23.8 Å². The Labute approximate surface area is 153 Å². The molecule has 1 aromatic rings. The van der Waals surface area contributed by atoms with E-state index in [2.05, 4.69) is 5.32 Å². The fourth-order valence-corrected chi connectivity index (χ4v) is 3.16. The lowest BCUT2D eigenvalue weighted by Gasteiger charge is -2.25. The van der Waals surface area contributed by atoms with E-state index in [0.717, 1.165) is 0 Å². The third-order valence-electron chi connectivity index (χ3n) is 4.61. The molecule has 0 spiro atoms. The normalized spacial score (nSPS) is 19.2. The molecule has 1 unspecified atom stereocenters. The molecule has 0 aliphatic carbocycles. The summed E-state index contributed by atoms with van der Waals surface area (Å²) in [5.41, 5.74) is 0.122. The summed E-state index contributed by atoms with van der Waals surface area (Å²) >= 11 is 0. The Morgan fingerprint density at radius 2 is 1.88 bits per heavy atom. The maximum absolute atomic E-state index is 12.8. The Morgan fingerprint density at radius 1 is 1.27 bits per heavy atom. The lowest BCUT2D eigenvalue weighted by atomic mass is 9.79. The van der Waals surface area contributed by atoms with Crippen molar-refractivity contribution in [3.8, 4) is 0 Å². The number of amides is 2. The van der Waals surface area contributed by atoms with E-state index >= 15 is 0 Å². The molecule has 0 radical (unpaired) electrons. The van der Waals surface area contributed by atoms with Crippen LogP contribution in [0.2, 0.25) is 0 Å². The van der Waals surface area contributed by atoms with E-state index in [4.69, 9.17) is 9.47 Å². The standard InChI is InChI=1S/C19H26N2O5/c1-8-19(5)13-12(21(6)16(19)23)10-9-11(15(22)25-7)14(13)20-17(24)26-18(2,3)4/h9-10H,8H2,1-7H3,(H,20,24). The Hall–Kier alpha value is -2.57. The number of hydrogen-bond acceptors (Lipinski definition) is 5. The summed E-state index contributed by atoms with van der Waals surface area (Å²) in [5.74, 6) is -0.691. The van der Waals surface area contributed by atoms with Gasteiger partial charge in [0.2, 0.25) is 5.91 Å². The van der Waals surface area contributed by atoms with Crippen LogP contribution < -0.4 is 10.2 Å².